The molecule has 2 amide bonds. The van der Waals surface area contributed by atoms with Gasteiger partial charge in [-0.3, -0.25) is 9.59 Å². The molecule has 3 aromatic rings. The van der Waals surface area contributed by atoms with Gasteiger partial charge in [0.25, 0.3) is 21.8 Å². The molecule has 0 atom stereocenters. The number of sulfonamides is 1. The Kier molecular flexibility index (Phi) is 6.63. The maximum absolute atomic E-state index is 13.3. The van der Waals surface area contributed by atoms with E-state index in [9.17, 15) is 18.0 Å². The first-order valence-corrected chi connectivity index (χ1v) is 12.9. The molecule has 35 heavy (non-hydrogen) atoms. The number of rotatable bonds is 6. The zero-order valence-electron chi connectivity index (χ0n) is 20.3. The molecule has 0 saturated heterocycles. The Hall–Kier alpha value is -3.71. The van der Waals surface area contributed by atoms with Crippen LogP contribution in [0.5, 0.6) is 0 Å². The zero-order chi connectivity index (χ0) is 25.3. The van der Waals surface area contributed by atoms with E-state index in [0.29, 0.717) is 22.4 Å². The van der Waals surface area contributed by atoms with Crippen molar-refractivity contribution < 1.29 is 18.0 Å². The highest BCUT2D eigenvalue weighted by Gasteiger charge is 2.42. The lowest BCUT2D eigenvalue weighted by Gasteiger charge is -2.17. The van der Waals surface area contributed by atoms with E-state index in [0.717, 1.165) is 27.4 Å². The molecule has 3 aromatic carbocycles. The number of nitrogens with zero attached hydrogens (tertiary/aromatic N) is 1. The molecule has 4 rings (SSSR count). The lowest BCUT2D eigenvalue weighted by Crippen LogP contribution is -2.30. The third-order valence-electron chi connectivity index (χ3n) is 6.34. The van der Waals surface area contributed by atoms with Crippen LogP contribution in [0.1, 0.15) is 52.0 Å². The third kappa shape index (κ3) is 4.77. The molecular weight excluding hydrogens is 460 g/mol. The average molecular weight is 489 g/mol. The van der Waals surface area contributed by atoms with Crippen LogP contribution in [0.3, 0.4) is 0 Å². The van der Waals surface area contributed by atoms with Crippen LogP contribution in [0.4, 0.5) is 5.69 Å². The first-order valence-electron chi connectivity index (χ1n) is 11.5. The Morgan fingerprint density at radius 3 is 2.26 bits per heavy atom. The summed E-state index contributed by atoms with van der Waals surface area (Å²) in [6.07, 6.45) is 0.871. The van der Waals surface area contributed by atoms with Gasteiger partial charge < -0.3 is 5.32 Å². The van der Waals surface area contributed by atoms with Gasteiger partial charge in [-0.2, -0.15) is 0 Å². The Morgan fingerprint density at radius 1 is 0.886 bits per heavy atom. The summed E-state index contributed by atoms with van der Waals surface area (Å²) in [5.41, 5.74) is 5.62. The Labute approximate surface area is 206 Å². The Morgan fingerprint density at radius 2 is 1.60 bits per heavy atom. The predicted octanol–water partition coefficient (Wildman–Crippen LogP) is 5.22. The smallest absolute Gasteiger partial charge is 0.268 e. The van der Waals surface area contributed by atoms with Crippen molar-refractivity contribution in [2.45, 2.75) is 40.7 Å². The maximum atomic E-state index is 13.3. The molecule has 1 aliphatic rings. The van der Waals surface area contributed by atoms with Gasteiger partial charge in [0.05, 0.1) is 6.54 Å². The molecule has 0 fully saturated rings. The molecule has 0 bridgehead atoms. The van der Waals surface area contributed by atoms with Crippen molar-refractivity contribution in [3.63, 3.8) is 0 Å². The fraction of sp³-hybridized carbons (Fsp3) is 0.214. The monoisotopic (exact) mass is 488 g/mol. The van der Waals surface area contributed by atoms with Gasteiger partial charge in [-0.1, -0.05) is 49.4 Å². The minimum Gasteiger partial charge on any atom is -0.322 e. The van der Waals surface area contributed by atoms with Crippen molar-refractivity contribution >= 4 is 32.4 Å². The topological polar surface area (TPSA) is 83.6 Å². The predicted molar refractivity (Wildman–Crippen MR) is 138 cm³/mol. The minimum absolute atomic E-state index is 0.0518. The normalized spacial score (nSPS) is 15.0. The van der Waals surface area contributed by atoms with Crippen LogP contribution in [0.15, 0.2) is 72.3 Å². The number of carbonyl (C=O) groups is 2. The van der Waals surface area contributed by atoms with E-state index < -0.39 is 15.9 Å². The summed E-state index contributed by atoms with van der Waals surface area (Å²) in [6, 6.07) is 19.6. The highest BCUT2D eigenvalue weighted by molar-refractivity contribution is 7.99. The fourth-order valence-corrected chi connectivity index (χ4v) is 5.90. The average Bonchev–Trinajstić information content (AvgIpc) is 3.00. The van der Waals surface area contributed by atoms with Gasteiger partial charge >= 0.3 is 0 Å². The summed E-state index contributed by atoms with van der Waals surface area (Å²) in [7, 11) is -4.00. The number of nitrogens with one attached hydrogen (secondary N) is 1. The number of aryl methyl sites for hydroxylation is 3. The molecular formula is C28H28N2O4S. The SMILES string of the molecule is CCc1cccc(NC(=O)c2ccc(CN3C(=O)C(C)=C(c4ccc(C)c(C)c4)S3(=O)=O)cc2)c1. The van der Waals surface area contributed by atoms with Crippen molar-refractivity contribution in [1.29, 1.82) is 0 Å². The van der Waals surface area contributed by atoms with Crippen LogP contribution in [-0.4, -0.2) is 24.5 Å². The second-order valence-corrected chi connectivity index (χ2v) is 10.6. The summed E-state index contributed by atoms with van der Waals surface area (Å²) < 4.78 is 27.6. The van der Waals surface area contributed by atoms with Gasteiger partial charge in [-0.25, -0.2) is 12.7 Å². The van der Waals surface area contributed by atoms with Crippen LogP contribution in [-0.2, 0) is 27.8 Å². The van der Waals surface area contributed by atoms with E-state index in [1.807, 2.05) is 51.1 Å². The highest BCUT2D eigenvalue weighted by atomic mass is 32.2. The van der Waals surface area contributed by atoms with Crippen molar-refractivity contribution in [3.05, 3.63) is 106 Å². The van der Waals surface area contributed by atoms with Crippen LogP contribution < -0.4 is 5.32 Å². The molecule has 1 heterocycles. The van der Waals surface area contributed by atoms with Crippen LogP contribution in [0.25, 0.3) is 4.91 Å². The Bertz CT molecular complexity index is 1450. The zero-order valence-corrected chi connectivity index (χ0v) is 21.1. The summed E-state index contributed by atoms with van der Waals surface area (Å²) in [5.74, 6) is -0.792. The molecule has 0 radical (unpaired) electrons. The maximum Gasteiger partial charge on any atom is 0.268 e. The second-order valence-electron chi connectivity index (χ2n) is 8.77. The van der Waals surface area contributed by atoms with Gasteiger partial charge in [0.15, 0.2) is 0 Å². The molecule has 7 heteroatoms. The summed E-state index contributed by atoms with van der Waals surface area (Å²) >= 11 is 0. The second kappa shape index (κ2) is 9.50. The molecule has 0 aromatic heterocycles. The quantitative estimate of drug-likeness (QED) is 0.516. The number of carbonyl (C=O) groups excluding carboxylic acids is 2. The van der Waals surface area contributed by atoms with Crippen molar-refractivity contribution in [3.8, 4) is 0 Å². The molecule has 0 saturated carbocycles. The molecule has 0 aliphatic carbocycles. The third-order valence-corrected chi connectivity index (χ3v) is 8.27. The van der Waals surface area contributed by atoms with Gasteiger partial charge in [0.2, 0.25) is 0 Å². The van der Waals surface area contributed by atoms with E-state index >= 15 is 0 Å². The molecule has 6 nitrogen and oxygen atoms in total. The first kappa shape index (κ1) is 24.4. The van der Waals surface area contributed by atoms with Crippen molar-refractivity contribution in [1.82, 2.24) is 4.31 Å². The van der Waals surface area contributed by atoms with Crippen LogP contribution in [0.2, 0.25) is 0 Å². The molecule has 0 unspecified atom stereocenters. The lowest BCUT2D eigenvalue weighted by atomic mass is 10.0. The van der Waals surface area contributed by atoms with E-state index in [-0.39, 0.29) is 22.9 Å². The molecule has 1 aliphatic heterocycles. The fourth-order valence-electron chi connectivity index (χ4n) is 4.10. The summed E-state index contributed by atoms with van der Waals surface area (Å²) in [5, 5.41) is 2.88. The van der Waals surface area contributed by atoms with Gasteiger partial charge in [0, 0.05) is 16.8 Å². The van der Waals surface area contributed by atoms with Crippen molar-refractivity contribution in [2.24, 2.45) is 0 Å². The highest BCUT2D eigenvalue weighted by Crippen LogP contribution is 2.37. The number of hydrogen-bond donors (Lipinski definition) is 1. The number of benzene rings is 3. The number of amides is 2. The minimum atomic E-state index is -4.00. The van der Waals surface area contributed by atoms with Crippen molar-refractivity contribution in [2.75, 3.05) is 5.32 Å². The standard InChI is InChI=1S/C28H28N2O4S/c1-5-21-7-6-8-25(16-21)29-27(31)23-13-10-22(11-14-23)17-30-28(32)20(4)26(35(30,33)34)24-12-9-18(2)19(3)15-24/h6-16H,5,17H2,1-4H3,(H,29,31). The van der Waals surface area contributed by atoms with Gasteiger partial charge in [0.1, 0.15) is 4.91 Å². The summed E-state index contributed by atoms with van der Waals surface area (Å²) in [4.78, 5) is 25.6. The number of anilines is 1. The van der Waals surface area contributed by atoms with Crippen LogP contribution in [0, 0.1) is 13.8 Å². The molecule has 180 valence electrons. The van der Waals surface area contributed by atoms with E-state index in [1.54, 1.807) is 43.3 Å². The van der Waals surface area contributed by atoms with E-state index in [2.05, 4.69) is 5.32 Å². The Balaban J connectivity index is 1.52. The first-order chi connectivity index (χ1) is 16.6. The van der Waals surface area contributed by atoms with Crippen LogP contribution >= 0.6 is 0 Å². The summed E-state index contributed by atoms with van der Waals surface area (Å²) in [6.45, 7) is 7.35. The lowest BCUT2D eigenvalue weighted by molar-refractivity contribution is -0.122. The van der Waals surface area contributed by atoms with Gasteiger partial charge in [-0.05, 0) is 79.3 Å². The number of hydrogen-bond acceptors (Lipinski definition) is 4. The largest absolute Gasteiger partial charge is 0.322 e. The van der Waals surface area contributed by atoms with Gasteiger partial charge in [-0.15, -0.1) is 0 Å². The van der Waals surface area contributed by atoms with E-state index in [4.69, 9.17) is 0 Å². The molecule has 1 N–H and O–H groups in total. The van der Waals surface area contributed by atoms with E-state index in [1.165, 1.54) is 0 Å². The molecule has 0 spiro atoms.